The van der Waals surface area contributed by atoms with E-state index in [2.05, 4.69) is 4.98 Å². The Bertz CT molecular complexity index is 599. The molecule has 2 aromatic rings. The number of esters is 1. The summed E-state index contributed by atoms with van der Waals surface area (Å²) in [6.07, 6.45) is 0.566. The summed E-state index contributed by atoms with van der Waals surface area (Å²) in [5, 5.41) is 0. The Kier molecular flexibility index (Phi) is 3.60. The Hall–Kier alpha value is -1.84. The van der Waals surface area contributed by atoms with Crippen molar-refractivity contribution in [2.45, 2.75) is 27.2 Å². The van der Waals surface area contributed by atoms with Crippen LogP contribution < -0.4 is 0 Å². The minimum absolute atomic E-state index is 0.179. The van der Waals surface area contributed by atoms with Gasteiger partial charge in [0, 0.05) is 13.5 Å². The zero-order valence-corrected chi connectivity index (χ0v) is 11.9. The topological polar surface area (TPSA) is 44.1 Å². The molecule has 0 unspecified atom stereocenters. The minimum atomic E-state index is -0.564. The molecule has 0 atom stereocenters. The van der Waals surface area contributed by atoms with Crippen LogP contribution in [0.3, 0.4) is 0 Å². The maximum atomic E-state index is 11.9. The normalized spacial score (nSPS) is 11.8. The van der Waals surface area contributed by atoms with Crippen molar-refractivity contribution in [3.63, 3.8) is 0 Å². The van der Waals surface area contributed by atoms with Crippen molar-refractivity contribution in [3.8, 4) is 0 Å². The molecule has 0 amide bonds. The van der Waals surface area contributed by atoms with Crippen LogP contribution in [0, 0.1) is 5.41 Å². The van der Waals surface area contributed by atoms with Crippen molar-refractivity contribution < 1.29 is 9.53 Å². The van der Waals surface area contributed by atoms with Gasteiger partial charge in [-0.05, 0) is 32.9 Å². The molecule has 0 spiro atoms. The molecule has 0 saturated carbocycles. The van der Waals surface area contributed by atoms with E-state index in [1.54, 1.807) is 0 Å². The lowest BCUT2D eigenvalue weighted by atomic mass is 9.89. The SMILES string of the molecule is CCOC(=O)C(C)(C)Cc1nc2ccccc2n1C. The second-order valence-electron chi connectivity index (χ2n) is 5.36. The van der Waals surface area contributed by atoms with Crippen LogP contribution in [-0.4, -0.2) is 22.1 Å². The number of benzene rings is 1. The highest BCUT2D eigenvalue weighted by atomic mass is 16.5. The average Bonchev–Trinajstić information content (AvgIpc) is 2.67. The fourth-order valence-electron chi connectivity index (χ4n) is 2.15. The summed E-state index contributed by atoms with van der Waals surface area (Å²) in [5.74, 6) is 0.723. The average molecular weight is 260 g/mol. The first-order valence-corrected chi connectivity index (χ1v) is 6.53. The van der Waals surface area contributed by atoms with E-state index in [4.69, 9.17) is 4.74 Å². The molecular formula is C15H20N2O2. The third-order valence-corrected chi connectivity index (χ3v) is 3.31. The number of carbonyl (C=O) groups excluding carboxylic acids is 1. The number of aromatic nitrogens is 2. The molecule has 1 heterocycles. The van der Waals surface area contributed by atoms with Crippen LogP contribution in [0.25, 0.3) is 11.0 Å². The molecule has 0 radical (unpaired) electrons. The van der Waals surface area contributed by atoms with E-state index in [0.717, 1.165) is 16.9 Å². The fourth-order valence-corrected chi connectivity index (χ4v) is 2.15. The molecular weight excluding hydrogens is 240 g/mol. The van der Waals surface area contributed by atoms with Crippen LogP contribution in [0.5, 0.6) is 0 Å². The summed E-state index contributed by atoms with van der Waals surface area (Å²) in [4.78, 5) is 16.5. The number of carbonyl (C=O) groups is 1. The molecule has 0 fully saturated rings. The van der Waals surface area contributed by atoms with Gasteiger partial charge in [0.1, 0.15) is 5.82 Å². The molecule has 1 aromatic heterocycles. The molecule has 102 valence electrons. The fraction of sp³-hybridized carbons (Fsp3) is 0.467. The van der Waals surface area contributed by atoms with Crippen molar-refractivity contribution in [2.24, 2.45) is 12.5 Å². The van der Waals surface area contributed by atoms with Gasteiger partial charge in [-0.2, -0.15) is 0 Å². The van der Waals surface area contributed by atoms with Crippen LogP contribution in [0.2, 0.25) is 0 Å². The third-order valence-electron chi connectivity index (χ3n) is 3.31. The largest absolute Gasteiger partial charge is 0.466 e. The number of rotatable bonds is 4. The van der Waals surface area contributed by atoms with E-state index in [1.807, 2.05) is 56.7 Å². The lowest BCUT2D eigenvalue weighted by Crippen LogP contribution is -2.30. The number of hydrogen-bond acceptors (Lipinski definition) is 3. The van der Waals surface area contributed by atoms with Crippen molar-refractivity contribution in [1.29, 1.82) is 0 Å². The second-order valence-corrected chi connectivity index (χ2v) is 5.36. The maximum absolute atomic E-state index is 11.9. The number of aryl methyl sites for hydroxylation is 1. The van der Waals surface area contributed by atoms with E-state index >= 15 is 0 Å². The van der Waals surface area contributed by atoms with Crippen LogP contribution >= 0.6 is 0 Å². The van der Waals surface area contributed by atoms with E-state index in [-0.39, 0.29) is 5.97 Å². The predicted octanol–water partition coefficient (Wildman–Crippen LogP) is 2.71. The summed E-state index contributed by atoms with van der Waals surface area (Å²) < 4.78 is 7.15. The van der Waals surface area contributed by atoms with E-state index in [9.17, 15) is 4.79 Å². The summed E-state index contributed by atoms with van der Waals surface area (Å²) in [6, 6.07) is 7.97. The van der Waals surface area contributed by atoms with Gasteiger partial charge in [-0.3, -0.25) is 4.79 Å². The molecule has 19 heavy (non-hydrogen) atoms. The van der Waals surface area contributed by atoms with Crippen molar-refractivity contribution in [3.05, 3.63) is 30.1 Å². The number of imidazole rings is 1. The summed E-state index contributed by atoms with van der Waals surface area (Å²) in [7, 11) is 1.98. The number of para-hydroxylation sites is 2. The molecule has 0 N–H and O–H groups in total. The van der Waals surface area contributed by atoms with Gasteiger partial charge >= 0.3 is 5.97 Å². The van der Waals surface area contributed by atoms with Crippen molar-refractivity contribution >= 4 is 17.0 Å². The Morgan fingerprint density at radius 3 is 2.68 bits per heavy atom. The van der Waals surface area contributed by atoms with E-state index in [0.29, 0.717) is 13.0 Å². The van der Waals surface area contributed by atoms with Gasteiger partial charge in [0.2, 0.25) is 0 Å². The molecule has 0 aliphatic carbocycles. The maximum Gasteiger partial charge on any atom is 0.311 e. The molecule has 1 aromatic carbocycles. The smallest absolute Gasteiger partial charge is 0.311 e. The van der Waals surface area contributed by atoms with Crippen LogP contribution in [0.4, 0.5) is 0 Å². The summed E-state index contributed by atoms with van der Waals surface area (Å²) in [6.45, 7) is 6.02. The Morgan fingerprint density at radius 2 is 2.05 bits per heavy atom. The second kappa shape index (κ2) is 5.03. The molecule has 2 rings (SSSR count). The van der Waals surface area contributed by atoms with Crippen LogP contribution in [-0.2, 0) is 23.0 Å². The van der Waals surface area contributed by atoms with E-state index < -0.39 is 5.41 Å². The van der Waals surface area contributed by atoms with Gasteiger partial charge in [-0.1, -0.05) is 12.1 Å². The zero-order valence-electron chi connectivity index (χ0n) is 11.9. The van der Waals surface area contributed by atoms with Gasteiger partial charge in [-0.25, -0.2) is 4.98 Å². The molecule has 4 heteroatoms. The lowest BCUT2D eigenvalue weighted by Gasteiger charge is -2.21. The van der Waals surface area contributed by atoms with Gasteiger partial charge in [0.05, 0.1) is 23.1 Å². The predicted molar refractivity (Wildman–Crippen MR) is 74.8 cm³/mol. The Morgan fingerprint density at radius 1 is 1.37 bits per heavy atom. The highest BCUT2D eigenvalue weighted by Gasteiger charge is 2.31. The molecule has 0 aliphatic heterocycles. The van der Waals surface area contributed by atoms with E-state index in [1.165, 1.54) is 0 Å². The first kappa shape index (κ1) is 13.6. The number of ether oxygens (including phenoxy) is 1. The van der Waals surface area contributed by atoms with Gasteiger partial charge < -0.3 is 9.30 Å². The van der Waals surface area contributed by atoms with Crippen molar-refractivity contribution in [1.82, 2.24) is 9.55 Å². The first-order chi connectivity index (χ1) is 8.95. The summed E-state index contributed by atoms with van der Waals surface area (Å²) in [5.41, 5.74) is 1.47. The minimum Gasteiger partial charge on any atom is -0.466 e. The quantitative estimate of drug-likeness (QED) is 0.794. The van der Waals surface area contributed by atoms with Gasteiger partial charge in [-0.15, -0.1) is 0 Å². The Balaban J connectivity index is 2.30. The highest BCUT2D eigenvalue weighted by molar-refractivity contribution is 5.78. The number of hydrogen-bond donors (Lipinski definition) is 0. The Labute approximate surface area is 113 Å². The van der Waals surface area contributed by atoms with Crippen LogP contribution in [0.15, 0.2) is 24.3 Å². The highest BCUT2D eigenvalue weighted by Crippen LogP contribution is 2.25. The molecule has 0 aliphatic rings. The zero-order chi connectivity index (χ0) is 14.0. The van der Waals surface area contributed by atoms with Crippen LogP contribution in [0.1, 0.15) is 26.6 Å². The summed E-state index contributed by atoms with van der Waals surface area (Å²) >= 11 is 0. The van der Waals surface area contributed by atoms with Crippen molar-refractivity contribution in [2.75, 3.05) is 6.61 Å². The monoisotopic (exact) mass is 260 g/mol. The van der Waals surface area contributed by atoms with Gasteiger partial charge in [0.25, 0.3) is 0 Å². The molecule has 0 bridgehead atoms. The molecule has 0 saturated heterocycles. The lowest BCUT2D eigenvalue weighted by molar-refractivity contribution is -0.153. The standard InChI is InChI=1S/C15H20N2O2/c1-5-19-14(18)15(2,3)10-13-16-11-8-6-7-9-12(11)17(13)4/h6-9H,5,10H2,1-4H3. The first-order valence-electron chi connectivity index (χ1n) is 6.53. The number of nitrogens with zero attached hydrogens (tertiary/aromatic N) is 2. The number of fused-ring (bicyclic) bond motifs is 1. The third kappa shape index (κ3) is 2.62. The molecule has 4 nitrogen and oxygen atoms in total. The van der Waals surface area contributed by atoms with Gasteiger partial charge in [0.15, 0.2) is 0 Å².